The van der Waals surface area contributed by atoms with Crippen LogP contribution in [-0.4, -0.2) is 11.1 Å². The molecule has 3 rings (SSSR count). The third-order valence-electron chi connectivity index (χ3n) is 3.58. The summed E-state index contributed by atoms with van der Waals surface area (Å²) in [6, 6.07) is 17.5. The third kappa shape index (κ3) is 2.12. The van der Waals surface area contributed by atoms with Gasteiger partial charge in [0.05, 0.1) is 6.42 Å². The fourth-order valence-electron chi connectivity index (χ4n) is 2.74. The topological polar surface area (TPSA) is 63.3 Å². The first kappa shape index (κ1) is 12.6. The van der Waals surface area contributed by atoms with Crippen LogP contribution in [0.4, 0.5) is 0 Å². The number of hydrogen-bond donors (Lipinski definition) is 2. The molecule has 3 nitrogen and oxygen atoms in total. The summed E-state index contributed by atoms with van der Waals surface area (Å²) >= 11 is 0. The van der Waals surface area contributed by atoms with Crippen molar-refractivity contribution in [2.75, 3.05) is 0 Å². The molecule has 100 valence electrons. The second-order valence-electron chi connectivity index (χ2n) is 4.94. The number of rotatable bonds is 3. The molecule has 20 heavy (non-hydrogen) atoms. The van der Waals surface area contributed by atoms with E-state index in [1.807, 2.05) is 48.5 Å². The van der Waals surface area contributed by atoms with Gasteiger partial charge in [0.15, 0.2) is 0 Å². The summed E-state index contributed by atoms with van der Waals surface area (Å²) in [5.74, 6) is -0.880. The van der Waals surface area contributed by atoms with E-state index in [1.54, 1.807) is 0 Å². The highest BCUT2D eigenvalue weighted by molar-refractivity contribution is 6.02. The summed E-state index contributed by atoms with van der Waals surface area (Å²) in [4.78, 5) is 11.0. The van der Waals surface area contributed by atoms with Gasteiger partial charge in [0, 0.05) is 6.04 Å². The Kier molecular flexibility index (Phi) is 3.12. The van der Waals surface area contributed by atoms with Crippen molar-refractivity contribution in [3.8, 4) is 0 Å². The molecule has 0 unspecified atom stereocenters. The van der Waals surface area contributed by atoms with Gasteiger partial charge in [-0.1, -0.05) is 48.5 Å². The van der Waals surface area contributed by atoms with E-state index >= 15 is 0 Å². The molecular weight excluding hydrogens is 250 g/mol. The number of carboxylic acid groups (broad SMARTS) is 1. The second-order valence-corrected chi connectivity index (χ2v) is 4.94. The molecule has 0 saturated carbocycles. The average Bonchev–Trinajstić information content (AvgIpc) is 2.43. The van der Waals surface area contributed by atoms with Gasteiger partial charge in [-0.25, -0.2) is 0 Å². The smallest absolute Gasteiger partial charge is 0.305 e. The first-order valence-corrected chi connectivity index (χ1v) is 6.54. The van der Waals surface area contributed by atoms with Gasteiger partial charge in [-0.2, -0.15) is 0 Å². The molecule has 3 N–H and O–H groups in total. The summed E-state index contributed by atoms with van der Waals surface area (Å²) in [7, 11) is 0. The van der Waals surface area contributed by atoms with Gasteiger partial charge in [-0.3, -0.25) is 4.79 Å². The minimum atomic E-state index is -0.880. The monoisotopic (exact) mass is 265 g/mol. The molecule has 0 radical (unpaired) electrons. The Morgan fingerprint density at radius 3 is 2.00 bits per heavy atom. The number of carboxylic acids is 1. The molecule has 0 heterocycles. The van der Waals surface area contributed by atoms with Crippen LogP contribution in [-0.2, 0) is 4.79 Å². The normalized spacial score (nSPS) is 12.7. The van der Waals surface area contributed by atoms with E-state index in [9.17, 15) is 4.79 Å². The molecule has 0 aliphatic carbocycles. The summed E-state index contributed by atoms with van der Waals surface area (Å²) in [5, 5.41) is 13.2. The summed E-state index contributed by atoms with van der Waals surface area (Å²) in [5.41, 5.74) is 7.06. The number of fused-ring (bicyclic) bond motifs is 2. The van der Waals surface area contributed by atoms with Crippen LogP contribution in [0.2, 0.25) is 0 Å². The van der Waals surface area contributed by atoms with Crippen LogP contribution in [0.15, 0.2) is 54.6 Å². The van der Waals surface area contributed by atoms with Crippen LogP contribution in [0, 0.1) is 0 Å². The minimum Gasteiger partial charge on any atom is -0.481 e. The maximum absolute atomic E-state index is 11.0. The molecule has 0 saturated heterocycles. The molecule has 0 aliphatic heterocycles. The predicted octanol–water partition coefficient (Wildman–Crippen LogP) is 3.47. The second kappa shape index (κ2) is 4.94. The van der Waals surface area contributed by atoms with E-state index in [4.69, 9.17) is 10.8 Å². The van der Waals surface area contributed by atoms with Gasteiger partial charge in [0.2, 0.25) is 0 Å². The van der Waals surface area contributed by atoms with Crippen molar-refractivity contribution < 1.29 is 9.90 Å². The van der Waals surface area contributed by atoms with Gasteiger partial charge >= 0.3 is 5.97 Å². The van der Waals surface area contributed by atoms with Crippen molar-refractivity contribution in [3.05, 3.63) is 60.2 Å². The lowest BCUT2D eigenvalue weighted by Gasteiger charge is -2.16. The van der Waals surface area contributed by atoms with Crippen LogP contribution < -0.4 is 5.73 Å². The zero-order chi connectivity index (χ0) is 14.1. The molecule has 0 aromatic heterocycles. The number of carbonyl (C=O) groups is 1. The molecule has 0 spiro atoms. The van der Waals surface area contributed by atoms with E-state index in [-0.39, 0.29) is 6.42 Å². The third-order valence-corrected chi connectivity index (χ3v) is 3.58. The fraction of sp³-hybridized carbons (Fsp3) is 0.118. The number of nitrogens with two attached hydrogens (primary N) is 1. The maximum atomic E-state index is 11.0. The number of hydrogen-bond acceptors (Lipinski definition) is 2. The van der Waals surface area contributed by atoms with Gasteiger partial charge in [0.1, 0.15) is 0 Å². The summed E-state index contributed by atoms with van der Waals surface area (Å²) in [6.45, 7) is 0. The lowest BCUT2D eigenvalue weighted by molar-refractivity contribution is -0.137. The number of aliphatic carboxylic acids is 1. The van der Waals surface area contributed by atoms with Crippen LogP contribution in [0.25, 0.3) is 21.5 Å². The molecule has 0 amide bonds. The van der Waals surface area contributed by atoms with Gasteiger partial charge < -0.3 is 10.8 Å². The van der Waals surface area contributed by atoms with Gasteiger partial charge in [-0.15, -0.1) is 0 Å². The van der Waals surface area contributed by atoms with Crippen molar-refractivity contribution in [1.29, 1.82) is 0 Å². The van der Waals surface area contributed by atoms with Crippen molar-refractivity contribution in [1.82, 2.24) is 0 Å². The summed E-state index contributed by atoms with van der Waals surface area (Å²) in [6.07, 6.45) is -0.0714. The predicted molar refractivity (Wildman–Crippen MR) is 80.6 cm³/mol. The molecule has 0 aliphatic rings. The van der Waals surface area contributed by atoms with Gasteiger partial charge in [-0.05, 0) is 33.2 Å². The Morgan fingerprint density at radius 2 is 1.50 bits per heavy atom. The van der Waals surface area contributed by atoms with Crippen LogP contribution in [0.3, 0.4) is 0 Å². The maximum Gasteiger partial charge on any atom is 0.305 e. The SMILES string of the molecule is N[C@@H](CC(=O)O)c1c2ccccc2cc2ccccc12. The fourth-order valence-corrected chi connectivity index (χ4v) is 2.74. The van der Waals surface area contributed by atoms with Crippen LogP contribution in [0.5, 0.6) is 0 Å². The van der Waals surface area contributed by atoms with E-state index in [0.29, 0.717) is 0 Å². The zero-order valence-electron chi connectivity index (χ0n) is 10.9. The van der Waals surface area contributed by atoms with Crippen molar-refractivity contribution in [3.63, 3.8) is 0 Å². The van der Waals surface area contributed by atoms with Gasteiger partial charge in [0.25, 0.3) is 0 Å². The Labute approximate surface area is 116 Å². The lowest BCUT2D eigenvalue weighted by atomic mass is 9.91. The Hall–Kier alpha value is -2.39. The molecule has 3 aromatic rings. The van der Waals surface area contributed by atoms with Crippen LogP contribution in [0.1, 0.15) is 18.0 Å². The molecule has 3 heteroatoms. The standard InChI is InChI=1S/C17H15NO2/c18-15(10-16(19)20)17-13-7-3-1-5-11(13)9-12-6-2-4-8-14(12)17/h1-9,15H,10,18H2,(H,19,20)/t15-/m0/s1. The first-order valence-electron chi connectivity index (χ1n) is 6.54. The highest BCUT2D eigenvalue weighted by atomic mass is 16.4. The van der Waals surface area contributed by atoms with Crippen molar-refractivity contribution in [2.45, 2.75) is 12.5 Å². The van der Waals surface area contributed by atoms with E-state index in [0.717, 1.165) is 27.1 Å². The average molecular weight is 265 g/mol. The summed E-state index contributed by atoms with van der Waals surface area (Å²) < 4.78 is 0. The Bertz CT molecular complexity index is 741. The van der Waals surface area contributed by atoms with E-state index < -0.39 is 12.0 Å². The molecule has 0 bridgehead atoms. The molecule has 3 aromatic carbocycles. The quantitative estimate of drug-likeness (QED) is 0.713. The zero-order valence-corrected chi connectivity index (χ0v) is 10.9. The van der Waals surface area contributed by atoms with E-state index in [2.05, 4.69) is 6.07 Å². The highest BCUT2D eigenvalue weighted by Gasteiger charge is 2.16. The number of benzene rings is 3. The minimum absolute atomic E-state index is 0.0714. The first-order chi connectivity index (χ1) is 9.66. The lowest BCUT2D eigenvalue weighted by Crippen LogP contribution is -2.15. The Balaban J connectivity index is 2.35. The Morgan fingerprint density at radius 1 is 1.00 bits per heavy atom. The molecular formula is C17H15NO2. The van der Waals surface area contributed by atoms with E-state index in [1.165, 1.54) is 0 Å². The van der Waals surface area contributed by atoms with Crippen LogP contribution >= 0.6 is 0 Å². The molecule has 1 atom stereocenters. The molecule has 0 fully saturated rings. The highest BCUT2D eigenvalue weighted by Crippen LogP contribution is 2.32. The van der Waals surface area contributed by atoms with Crippen molar-refractivity contribution >= 4 is 27.5 Å². The largest absolute Gasteiger partial charge is 0.481 e. The van der Waals surface area contributed by atoms with Crippen molar-refractivity contribution in [2.24, 2.45) is 5.73 Å².